The average Bonchev–Trinajstić information content (AvgIpc) is 3.34. The van der Waals surface area contributed by atoms with E-state index in [-0.39, 0.29) is 13.0 Å². The van der Waals surface area contributed by atoms with Gasteiger partial charge in [0.15, 0.2) is 0 Å². The normalized spacial score (nSPS) is 19.1. The summed E-state index contributed by atoms with van der Waals surface area (Å²) in [5, 5.41) is 10.9. The number of benzene rings is 3. The van der Waals surface area contributed by atoms with E-state index < -0.39 is 29.7 Å². The zero-order valence-corrected chi connectivity index (χ0v) is 22.5. The highest BCUT2D eigenvalue weighted by Crippen LogP contribution is 2.42. The zero-order valence-electron chi connectivity index (χ0n) is 21.7. The number of aliphatic hydroxyl groups excluding tert-OH is 1. The molecule has 0 spiro atoms. The maximum Gasteiger partial charge on any atom is 0.328 e. The quantitative estimate of drug-likeness (QED) is 0.234. The first-order valence-corrected chi connectivity index (χ1v) is 13.0. The summed E-state index contributed by atoms with van der Waals surface area (Å²) in [7, 11) is 3.25. The highest BCUT2D eigenvalue weighted by atomic mass is 32.1. The number of rotatable bonds is 9. The molecular formula is C30H30N2O6S. The SMILES string of the molecule is COc1ccc(C(OC[C@H]2O[C@@H](n3c(=S)cc[nH]c3=O)C[C@H]2O)(c2ccccc2)c2ccc(OC)cc2)cc1. The lowest BCUT2D eigenvalue weighted by atomic mass is 9.80. The number of nitrogens with zero attached hydrogens (tertiary/aromatic N) is 1. The van der Waals surface area contributed by atoms with Gasteiger partial charge in [0.1, 0.15) is 34.1 Å². The fourth-order valence-corrected chi connectivity index (χ4v) is 5.28. The van der Waals surface area contributed by atoms with Gasteiger partial charge in [-0.25, -0.2) is 4.79 Å². The summed E-state index contributed by atoms with van der Waals surface area (Å²) >= 11 is 5.34. The summed E-state index contributed by atoms with van der Waals surface area (Å²) in [6.07, 6.45) is -0.573. The number of H-pyrrole nitrogens is 1. The number of nitrogens with one attached hydrogen (secondary N) is 1. The molecule has 1 aliphatic rings. The van der Waals surface area contributed by atoms with Gasteiger partial charge in [-0.1, -0.05) is 66.8 Å². The van der Waals surface area contributed by atoms with E-state index in [9.17, 15) is 9.90 Å². The van der Waals surface area contributed by atoms with Crippen LogP contribution < -0.4 is 15.2 Å². The average molecular weight is 547 g/mol. The van der Waals surface area contributed by atoms with Gasteiger partial charge in [-0.15, -0.1) is 0 Å². The van der Waals surface area contributed by atoms with E-state index in [0.29, 0.717) is 4.64 Å². The van der Waals surface area contributed by atoms with E-state index in [1.165, 1.54) is 10.8 Å². The minimum atomic E-state index is -1.05. The molecule has 0 bridgehead atoms. The van der Waals surface area contributed by atoms with Gasteiger partial charge in [0, 0.05) is 12.6 Å². The van der Waals surface area contributed by atoms with Crippen LogP contribution in [0.2, 0.25) is 0 Å². The number of aromatic nitrogens is 2. The molecule has 0 amide bonds. The third kappa shape index (κ3) is 5.26. The minimum absolute atomic E-state index is 0.0443. The molecule has 2 N–H and O–H groups in total. The molecule has 0 saturated carbocycles. The van der Waals surface area contributed by atoms with Crippen LogP contribution in [0.25, 0.3) is 0 Å². The van der Waals surface area contributed by atoms with E-state index in [2.05, 4.69) is 4.98 Å². The summed E-state index contributed by atoms with van der Waals surface area (Å²) < 4.78 is 25.5. The molecule has 0 aliphatic carbocycles. The summed E-state index contributed by atoms with van der Waals surface area (Å²) in [6.45, 7) is 0.0443. The number of aliphatic hydroxyl groups is 1. The highest BCUT2D eigenvalue weighted by molar-refractivity contribution is 7.71. The van der Waals surface area contributed by atoms with Gasteiger partial charge in [0.05, 0.1) is 26.9 Å². The van der Waals surface area contributed by atoms with Gasteiger partial charge in [-0.3, -0.25) is 4.57 Å². The third-order valence-corrected chi connectivity index (χ3v) is 7.35. The van der Waals surface area contributed by atoms with Crippen molar-refractivity contribution < 1.29 is 24.1 Å². The smallest absolute Gasteiger partial charge is 0.328 e. The molecule has 0 unspecified atom stereocenters. The largest absolute Gasteiger partial charge is 0.497 e. The molecule has 8 nitrogen and oxygen atoms in total. The number of hydrogen-bond donors (Lipinski definition) is 2. The Morgan fingerprint density at radius 2 is 1.49 bits per heavy atom. The lowest BCUT2D eigenvalue weighted by molar-refractivity contribution is -0.0946. The summed E-state index contributed by atoms with van der Waals surface area (Å²) in [5.41, 5.74) is 1.18. The third-order valence-electron chi connectivity index (χ3n) is 7.02. The summed E-state index contributed by atoms with van der Waals surface area (Å²) in [4.78, 5) is 15.1. The maximum absolute atomic E-state index is 12.4. The van der Waals surface area contributed by atoms with Crippen LogP contribution in [0, 0.1) is 4.64 Å². The lowest BCUT2D eigenvalue weighted by Gasteiger charge is -2.37. The fraction of sp³-hybridized carbons (Fsp3) is 0.267. The van der Waals surface area contributed by atoms with Crippen molar-refractivity contribution in [3.63, 3.8) is 0 Å². The van der Waals surface area contributed by atoms with Gasteiger partial charge in [0.2, 0.25) is 0 Å². The van der Waals surface area contributed by atoms with Crippen molar-refractivity contribution >= 4 is 12.2 Å². The molecule has 1 aromatic heterocycles. The topological polar surface area (TPSA) is 94.9 Å². The molecule has 39 heavy (non-hydrogen) atoms. The van der Waals surface area contributed by atoms with Crippen LogP contribution in [0.5, 0.6) is 11.5 Å². The molecule has 1 fully saturated rings. The first kappa shape index (κ1) is 26.8. The second-order valence-electron chi connectivity index (χ2n) is 9.24. The Labute approximate surface area is 231 Å². The second kappa shape index (κ2) is 11.5. The van der Waals surface area contributed by atoms with Gasteiger partial charge in [0.25, 0.3) is 0 Å². The number of ether oxygens (including phenoxy) is 4. The fourth-order valence-electron chi connectivity index (χ4n) is 5.01. The van der Waals surface area contributed by atoms with Crippen LogP contribution in [-0.4, -0.2) is 47.7 Å². The van der Waals surface area contributed by atoms with Gasteiger partial charge in [-0.2, -0.15) is 0 Å². The molecule has 0 radical (unpaired) electrons. The first-order chi connectivity index (χ1) is 19.0. The monoisotopic (exact) mass is 546 g/mol. The zero-order chi connectivity index (χ0) is 27.4. The molecule has 3 aromatic carbocycles. The molecule has 2 heterocycles. The van der Waals surface area contributed by atoms with Gasteiger partial charge in [-0.05, 0) is 47.0 Å². The van der Waals surface area contributed by atoms with Crippen LogP contribution in [0.4, 0.5) is 0 Å². The Bertz CT molecular complexity index is 1430. The van der Waals surface area contributed by atoms with Crippen molar-refractivity contribution in [2.45, 2.75) is 30.5 Å². The molecule has 202 valence electrons. The van der Waals surface area contributed by atoms with E-state index in [4.69, 9.17) is 31.2 Å². The second-order valence-corrected chi connectivity index (χ2v) is 9.66. The Kier molecular flexibility index (Phi) is 7.94. The Hall–Kier alpha value is -3.76. The molecule has 1 saturated heterocycles. The maximum atomic E-state index is 12.4. The predicted octanol–water partition coefficient (Wildman–Crippen LogP) is 4.58. The van der Waals surface area contributed by atoms with Gasteiger partial charge >= 0.3 is 5.69 Å². The predicted molar refractivity (Wildman–Crippen MR) is 149 cm³/mol. The first-order valence-electron chi connectivity index (χ1n) is 12.6. The molecule has 4 aromatic rings. The molecule has 1 aliphatic heterocycles. The van der Waals surface area contributed by atoms with Crippen LogP contribution in [-0.2, 0) is 15.1 Å². The van der Waals surface area contributed by atoms with Crippen molar-refractivity contribution in [1.29, 1.82) is 0 Å². The molecule has 3 atom stereocenters. The van der Waals surface area contributed by atoms with Crippen LogP contribution in [0.3, 0.4) is 0 Å². The molecule has 9 heteroatoms. The van der Waals surface area contributed by atoms with Crippen molar-refractivity contribution in [2.24, 2.45) is 0 Å². The lowest BCUT2D eigenvalue weighted by Crippen LogP contribution is -2.38. The van der Waals surface area contributed by atoms with Crippen LogP contribution in [0.1, 0.15) is 29.3 Å². The van der Waals surface area contributed by atoms with Gasteiger partial charge < -0.3 is 29.0 Å². The number of methoxy groups -OCH3 is 2. The number of hydrogen-bond acceptors (Lipinski definition) is 7. The van der Waals surface area contributed by atoms with Crippen molar-refractivity contribution in [1.82, 2.24) is 9.55 Å². The summed E-state index contributed by atoms with van der Waals surface area (Å²) in [5.74, 6) is 1.44. The number of aromatic amines is 1. The van der Waals surface area contributed by atoms with Crippen molar-refractivity contribution in [2.75, 3.05) is 20.8 Å². The Balaban J connectivity index is 1.55. The van der Waals surface area contributed by atoms with Crippen LogP contribution in [0.15, 0.2) is 95.9 Å². The van der Waals surface area contributed by atoms with E-state index >= 15 is 0 Å². The Morgan fingerprint density at radius 3 is 2.03 bits per heavy atom. The van der Waals surface area contributed by atoms with E-state index in [0.717, 1.165) is 28.2 Å². The summed E-state index contributed by atoms with van der Waals surface area (Å²) in [6, 6.07) is 26.9. The minimum Gasteiger partial charge on any atom is -0.497 e. The Morgan fingerprint density at radius 1 is 0.923 bits per heavy atom. The van der Waals surface area contributed by atoms with Crippen LogP contribution >= 0.6 is 12.2 Å². The van der Waals surface area contributed by atoms with E-state index in [1.54, 1.807) is 20.3 Å². The highest BCUT2D eigenvalue weighted by Gasteiger charge is 2.42. The standard InChI is InChI=1S/C30H30N2O6S/c1-35-23-12-8-21(9-13-23)30(20-6-4-3-5-7-20,22-10-14-24(36-2)15-11-22)37-19-26-25(33)18-27(38-26)32-28(39)16-17-31-29(32)34/h3-17,25-27,33H,18-19H2,1-2H3,(H,31,34)/t25-,26-,27-/m1/s1. The van der Waals surface area contributed by atoms with Crippen molar-refractivity contribution in [3.8, 4) is 11.5 Å². The van der Waals surface area contributed by atoms with Crippen molar-refractivity contribution in [3.05, 3.63) is 123 Å². The van der Waals surface area contributed by atoms with E-state index in [1.807, 2.05) is 78.9 Å². The molecule has 5 rings (SSSR count). The molecular weight excluding hydrogens is 516 g/mol.